The molecule has 2 rings (SSSR count). The maximum Gasteiger partial charge on any atom is 0.148 e. The van der Waals surface area contributed by atoms with Crippen molar-refractivity contribution in [1.82, 2.24) is 4.98 Å². The zero-order chi connectivity index (χ0) is 13.3. The number of aromatic nitrogens is 1. The van der Waals surface area contributed by atoms with Gasteiger partial charge < -0.3 is 0 Å². The molecule has 0 spiro atoms. The molecule has 2 nitrogen and oxygen atoms in total. The highest BCUT2D eigenvalue weighted by Crippen LogP contribution is 2.36. The van der Waals surface area contributed by atoms with Crippen LogP contribution in [0.5, 0.6) is 0 Å². The normalized spacial score (nSPS) is 10.2. The third-order valence-corrected chi connectivity index (χ3v) is 3.66. The first-order valence-electron chi connectivity index (χ1n) is 4.73. The van der Waals surface area contributed by atoms with Gasteiger partial charge in [-0.1, -0.05) is 46.4 Å². The van der Waals surface area contributed by atoms with Gasteiger partial charge in [-0.15, -0.1) is 0 Å². The van der Waals surface area contributed by atoms with Gasteiger partial charge in [-0.25, -0.2) is 4.98 Å². The Kier molecular flexibility index (Phi) is 3.99. The summed E-state index contributed by atoms with van der Waals surface area (Å²) in [6.45, 7) is 0. The van der Waals surface area contributed by atoms with Crippen molar-refractivity contribution < 1.29 is 0 Å². The molecule has 0 atom stereocenters. The van der Waals surface area contributed by atoms with Crippen molar-refractivity contribution in [2.24, 2.45) is 0 Å². The summed E-state index contributed by atoms with van der Waals surface area (Å²) in [4.78, 5) is 3.94. The highest BCUT2D eigenvalue weighted by molar-refractivity contribution is 6.48. The minimum absolute atomic E-state index is 0.244. The Morgan fingerprint density at radius 3 is 2.17 bits per heavy atom. The molecular weight excluding hydrogens is 314 g/mol. The molecule has 0 bridgehead atoms. The van der Waals surface area contributed by atoms with Crippen LogP contribution in [-0.2, 0) is 0 Å². The van der Waals surface area contributed by atoms with E-state index in [0.29, 0.717) is 26.2 Å². The van der Waals surface area contributed by atoms with E-state index in [0.717, 1.165) is 0 Å². The Hall–Kier alpha value is -0.980. The molecule has 0 saturated heterocycles. The van der Waals surface area contributed by atoms with Crippen molar-refractivity contribution in [2.45, 2.75) is 0 Å². The maximum atomic E-state index is 9.02. The van der Waals surface area contributed by atoms with Gasteiger partial charge in [-0.3, -0.25) is 0 Å². The Bertz CT molecular complexity index is 639. The molecule has 90 valence electrons. The van der Waals surface area contributed by atoms with Crippen LogP contribution < -0.4 is 0 Å². The maximum absolute atomic E-state index is 9.02. The number of halogens is 4. The van der Waals surface area contributed by atoms with Crippen LogP contribution in [0.25, 0.3) is 11.1 Å². The zero-order valence-electron chi connectivity index (χ0n) is 8.72. The molecule has 0 radical (unpaired) electrons. The molecule has 0 aliphatic carbocycles. The molecule has 6 heteroatoms. The first-order chi connectivity index (χ1) is 8.52. The summed E-state index contributed by atoms with van der Waals surface area (Å²) >= 11 is 23.6. The molecule has 2 aromatic rings. The summed E-state index contributed by atoms with van der Waals surface area (Å²) in [5.41, 5.74) is 1.44. The van der Waals surface area contributed by atoms with Crippen LogP contribution in [0.3, 0.4) is 0 Å². The molecule has 1 heterocycles. The van der Waals surface area contributed by atoms with Gasteiger partial charge in [-0.2, -0.15) is 5.26 Å². The highest BCUT2D eigenvalue weighted by Gasteiger charge is 2.12. The number of nitriles is 1. The average Bonchev–Trinajstić information content (AvgIpc) is 2.35. The molecule has 0 aliphatic heterocycles. The van der Waals surface area contributed by atoms with Crippen molar-refractivity contribution >= 4 is 46.4 Å². The smallest absolute Gasteiger partial charge is 0.148 e. The number of hydrogen-bond acceptors (Lipinski definition) is 2. The van der Waals surface area contributed by atoms with Crippen LogP contribution in [0.1, 0.15) is 5.69 Å². The Morgan fingerprint density at radius 2 is 1.61 bits per heavy atom. The molecule has 0 saturated carbocycles. The lowest BCUT2D eigenvalue weighted by Gasteiger charge is -2.07. The lowest BCUT2D eigenvalue weighted by molar-refractivity contribution is 1.26. The van der Waals surface area contributed by atoms with E-state index in [1.807, 2.05) is 6.07 Å². The number of pyridine rings is 1. The van der Waals surface area contributed by atoms with Gasteiger partial charge in [0, 0.05) is 11.8 Å². The van der Waals surface area contributed by atoms with Gasteiger partial charge in [0.25, 0.3) is 0 Å². The minimum Gasteiger partial charge on any atom is -0.243 e. The Labute approximate surface area is 124 Å². The van der Waals surface area contributed by atoms with Crippen LogP contribution in [0.4, 0.5) is 0 Å². The molecule has 0 aliphatic rings. The van der Waals surface area contributed by atoms with Gasteiger partial charge >= 0.3 is 0 Å². The van der Waals surface area contributed by atoms with Crippen molar-refractivity contribution in [3.8, 4) is 17.2 Å². The SMILES string of the molecule is N#Cc1ncc(Cl)cc1-c1cc(Cl)c(Cl)c(Cl)c1. The molecule has 1 aromatic carbocycles. The summed E-state index contributed by atoms with van der Waals surface area (Å²) < 4.78 is 0. The Morgan fingerprint density at radius 1 is 1.00 bits per heavy atom. The van der Waals surface area contributed by atoms with Crippen molar-refractivity contribution in [3.63, 3.8) is 0 Å². The van der Waals surface area contributed by atoms with E-state index < -0.39 is 0 Å². The third kappa shape index (κ3) is 2.55. The summed E-state index contributed by atoms with van der Waals surface area (Å²) in [6.07, 6.45) is 1.41. The average molecular weight is 318 g/mol. The van der Waals surface area contributed by atoms with Crippen LogP contribution in [-0.4, -0.2) is 4.98 Å². The van der Waals surface area contributed by atoms with Crippen LogP contribution in [0.15, 0.2) is 24.4 Å². The number of nitrogens with zero attached hydrogens (tertiary/aromatic N) is 2. The van der Waals surface area contributed by atoms with E-state index >= 15 is 0 Å². The topological polar surface area (TPSA) is 36.7 Å². The molecule has 0 unspecified atom stereocenters. The van der Waals surface area contributed by atoms with E-state index in [1.54, 1.807) is 18.2 Å². The van der Waals surface area contributed by atoms with E-state index in [1.165, 1.54) is 6.20 Å². The number of hydrogen-bond donors (Lipinski definition) is 0. The molecule has 0 amide bonds. The monoisotopic (exact) mass is 316 g/mol. The molecule has 1 aromatic heterocycles. The predicted octanol–water partition coefficient (Wildman–Crippen LogP) is 5.23. The molecular formula is C12H4Cl4N2. The van der Waals surface area contributed by atoms with E-state index in [4.69, 9.17) is 51.7 Å². The standard InChI is InChI=1S/C12H4Cl4N2/c13-7-3-8(11(4-17)18-5-7)6-1-9(14)12(16)10(15)2-6/h1-3,5H. The summed E-state index contributed by atoms with van der Waals surface area (Å²) in [7, 11) is 0. The van der Waals surface area contributed by atoms with E-state index in [9.17, 15) is 0 Å². The molecule has 0 N–H and O–H groups in total. The van der Waals surface area contributed by atoms with Gasteiger partial charge in [-0.05, 0) is 23.8 Å². The summed E-state index contributed by atoms with van der Waals surface area (Å²) in [5.74, 6) is 0. The van der Waals surface area contributed by atoms with Crippen molar-refractivity contribution in [1.29, 1.82) is 5.26 Å². The first kappa shape index (κ1) is 13.5. The van der Waals surface area contributed by atoms with Crippen molar-refractivity contribution in [3.05, 3.63) is 50.2 Å². The lowest BCUT2D eigenvalue weighted by Crippen LogP contribution is -1.89. The van der Waals surface area contributed by atoms with Crippen LogP contribution >= 0.6 is 46.4 Å². The minimum atomic E-state index is 0.244. The fourth-order valence-electron chi connectivity index (χ4n) is 1.46. The van der Waals surface area contributed by atoms with E-state index in [-0.39, 0.29) is 10.7 Å². The van der Waals surface area contributed by atoms with Crippen LogP contribution in [0, 0.1) is 11.3 Å². The second-order valence-electron chi connectivity index (χ2n) is 3.42. The number of rotatable bonds is 1. The third-order valence-electron chi connectivity index (χ3n) is 2.26. The fourth-order valence-corrected chi connectivity index (χ4v) is 2.21. The highest BCUT2D eigenvalue weighted by atomic mass is 35.5. The first-order valence-corrected chi connectivity index (χ1v) is 6.24. The predicted molar refractivity (Wildman–Crippen MR) is 74.4 cm³/mol. The van der Waals surface area contributed by atoms with Crippen LogP contribution in [0.2, 0.25) is 20.1 Å². The van der Waals surface area contributed by atoms with Gasteiger partial charge in [0.1, 0.15) is 11.8 Å². The largest absolute Gasteiger partial charge is 0.243 e. The quantitative estimate of drug-likeness (QED) is 0.675. The summed E-state index contributed by atoms with van der Waals surface area (Å²) in [6, 6.07) is 6.84. The van der Waals surface area contributed by atoms with Gasteiger partial charge in [0.05, 0.1) is 20.1 Å². The van der Waals surface area contributed by atoms with E-state index in [2.05, 4.69) is 4.98 Å². The van der Waals surface area contributed by atoms with Gasteiger partial charge in [0.15, 0.2) is 0 Å². The Balaban J connectivity index is 2.70. The second kappa shape index (κ2) is 5.34. The second-order valence-corrected chi connectivity index (χ2v) is 5.04. The number of benzene rings is 1. The fraction of sp³-hybridized carbons (Fsp3) is 0. The molecule has 18 heavy (non-hydrogen) atoms. The lowest BCUT2D eigenvalue weighted by atomic mass is 10.0. The zero-order valence-corrected chi connectivity index (χ0v) is 11.7. The summed E-state index contributed by atoms with van der Waals surface area (Å²) in [5, 5.41) is 10.3. The van der Waals surface area contributed by atoms with Crippen molar-refractivity contribution in [2.75, 3.05) is 0 Å². The molecule has 0 fully saturated rings. The van der Waals surface area contributed by atoms with Gasteiger partial charge in [0.2, 0.25) is 0 Å².